The molecule has 1 aliphatic rings. The Morgan fingerprint density at radius 1 is 1.22 bits per heavy atom. The molecule has 1 saturated heterocycles. The molecular formula is C19H26N2O6. The van der Waals surface area contributed by atoms with Crippen LogP contribution in [0, 0.1) is 5.92 Å². The number of likely N-dealkylation sites (tertiary alicyclic amines) is 1. The van der Waals surface area contributed by atoms with Crippen molar-refractivity contribution < 1.29 is 29.0 Å². The number of aliphatic carboxylic acids is 1. The molecule has 1 heterocycles. The van der Waals surface area contributed by atoms with E-state index < -0.39 is 35.7 Å². The third kappa shape index (κ3) is 6.47. The van der Waals surface area contributed by atoms with Crippen LogP contribution in [-0.2, 0) is 20.9 Å². The minimum absolute atomic E-state index is 0.0512. The van der Waals surface area contributed by atoms with Crippen LogP contribution in [0.5, 0.6) is 0 Å². The van der Waals surface area contributed by atoms with Crippen LogP contribution in [0.4, 0.5) is 9.59 Å². The first-order valence-corrected chi connectivity index (χ1v) is 8.82. The van der Waals surface area contributed by atoms with Crippen molar-refractivity contribution in [2.24, 2.45) is 5.92 Å². The highest BCUT2D eigenvalue weighted by Gasteiger charge is 2.40. The molecule has 8 nitrogen and oxygen atoms in total. The summed E-state index contributed by atoms with van der Waals surface area (Å²) in [5, 5.41) is 11.9. The molecule has 1 aromatic carbocycles. The molecule has 8 heteroatoms. The molecule has 0 aromatic heterocycles. The van der Waals surface area contributed by atoms with E-state index in [0.717, 1.165) is 5.56 Å². The Bertz CT molecular complexity index is 671. The van der Waals surface area contributed by atoms with Gasteiger partial charge in [-0.25, -0.2) is 9.59 Å². The van der Waals surface area contributed by atoms with E-state index in [1.807, 2.05) is 30.3 Å². The Labute approximate surface area is 158 Å². The highest BCUT2D eigenvalue weighted by molar-refractivity contribution is 5.75. The van der Waals surface area contributed by atoms with Gasteiger partial charge in [0.2, 0.25) is 0 Å². The summed E-state index contributed by atoms with van der Waals surface area (Å²) in [6.45, 7) is 5.49. The van der Waals surface area contributed by atoms with Gasteiger partial charge < -0.3 is 24.8 Å². The van der Waals surface area contributed by atoms with Crippen molar-refractivity contribution in [1.29, 1.82) is 0 Å². The normalized spacial score (nSPS) is 19.4. The second-order valence-electron chi connectivity index (χ2n) is 7.50. The fourth-order valence-corrected chi connectivity index (χ4v) is 2.81. The quantitative estimate of drug-likeness (QED) is 0.816. The second kappa shape index (κ2) is 8.75. The van der Waals surface area contributed by atoms with Gasteiger partial charge in [-0.2, -0.15) is 0 Å². The number of carboxylic acid groups (broad SMARTS) is 1. The maximum absolute atomic E-state index is 12.4. The number of carbonyl (C=O) groups excluding carboxylic acids is 2. The number of hydrogen-bond donors (Lipinski definition) is 2. The summed E-state index contributed by atoms with van der Waals surface area (Å²) in [4.78, 5) is 36.9. The third-order valence-corrected chi connectivity index (χ3v) is 4.09. The monoisotopic (exact) mass is 378 g/mol. The Morgan fingerprint density at radius 3 is 2.48 bits per heavy atom. The highest BCUT2D eigenvalue weighted by atomic mass is 16.6. The zero-order valence-electron chi connectivity index (χ0n) is 15.8. The van der Waals surface area contributed by atoms with Crippen molar-refractivity contribution in [3.63, 3.8) is 0 Å². The SMILES string of the molecule is CC(C)(C)OC(=O)N1CC(C(=O)O)CC1CNC(=O)OCc1ccccc1. The average Bonchev–Trinajstić information content (AvgIpc) is 3.02. The van der Waals surface area contributed by atoms with E-state index in [1.165, 1.54) is 4.90 Å². The summed E-state index contributed by atoms with van der Waals surface area (Å²) in [5.74, 6) is -1.66. The summed E-state index contributed by atoms with van der Waals surface area (Å²) >= 11 is 0. The standard InChI is InChI=1S/C19H26N2O6/c1-19(2,3)27-18(25)21-11-14(16(22)23)9-15(21)10-20-17(24)26-12-13-7-5-4-6-8-13/h4-8,14-15H,9-12H2,1-3H3,(H,20,24)(H,22,23). The van der Waals surface area contributed by atoms with Crippen LogP contribution in [-0.4, -0.2) is 52.9 Å². The summed E-state index contributed by atoms with van der Waals surface area (Å²) in [6.07, 6.45) is -0.967. The minimum Gasteiger partial charge on any atom is -0.481 e. The molecule has 27 heavy (non-hydrogen) atoms. The van der Waals surface area contributed by atoms with E-state index >= 15 is 0 Å². The number of carboxylic acids is 1. The van der Waals surface area contributed by atoms with Crippen LogP contribution in [0.2, 0.25) is 0 Å². The summed E-state index contributed by atoms with van der Waals surface area (Å²) < 4.78 is 10.5. The number of rotatable bonds is 5. The van der Waals surface area contributed by atoms with Crippen LogP contribution in [0.1, 0.15) is 32.8 Å². The summed E-state index contributed by atoms with van der Waals surface area (Å²) in [7, 11) is 0. The molecule has 1 fully saturated rings. The lowest BCUT2D eigenvalue weighted by Crippen LogP contribution is -2.45. The van der Waals surface area contributed by atoms with Crippen LogP contribution in [0.3, 0.4) is 0 Å². The van der Waals surface area contributed by atoms with E-state index in [9.17, 15) is 19.5 Å². The van der Waals surface area contributed by atoms with Gasteiger partial charge in [-0.15, -0.1) is 0 Å². The molecule has 0 radical (unpaired) electrons. The first-order chi connectivity index (χ1) is 12.7. The van der Waals surface area contributed by atoms with Gasteiger partial charge in [-0.3, -0.25) is 4.79 Å². The fourth-order valence-electron chi connectivity index (χ4n) is 2.81. The molecule has 2 rings (SSSR count). The Morgan fingerprint density at radius 2 is 1.89 bits per heavy atom. The zero-order valence-corrected chi connectivity index (χ0v) is 15.8. The number of benzene rings is 1. The molecule has 0 bridgehead atoms. The average molecular weight is 378 g/mol. The first-order valence-electron chi connectivity index (χ1n) is 8.82. The molecule has 1 aromatic rings. The number of alkyl carbamates (subject to hydrolysis) is 1. The Hall–Kier alpha value is -2.77. The minimum atomic E-state index is -0.974. The van der Waals surface area contributed by atoms with E-state index in [2.05, 4.69) is 5.32 Å². The van der Waals surface area contributed by atoms with Crippen LogP contribution in [0.25, 0.3) is 0 Å². The number of ether oxygens (including phenoxy) is 2. The maximum atomic E-state index is 12.4. The lowest BCUT2D eigenvalue weighted by atomic mass is 10.1. The van der Waals surface area contributed by atoms with Crippen LogP contribution >= 0.6 is 0 Å². The van der Waals surface area contributed by atoms with Gasteiger partial charge >= 0.3 is 18.2 Å². The lowest BCUT2D eigenvalue weighted by Gasteiger charge is -2.28. The number of nitrogens with one attached hydrogen (secondary N) is 1. The Balaban J connectivity index is 1.89. The fraction of sp³-hybridized carbons (Fsp3) is 0.526. The molecule has 2 unspecified atom stereocenters. The van der Waals surface area contributed by atoms with Crippen molar-refractivity contribution in [3.8, 4) is 0 Å². The number of amides is 2. The van der Waals surface area contributed by atoms with E-state index in [1.54, 1.807) is 20.8 Å². The Kier molecular flexibility index (Phi) is 6.65. The van der Waals surface area contributed by atoms with Crippen molar-refractivity contribution >= 4 is 18.2 Å². The lowest BCUT2D eigenvalue weighted by molar-refractivity contribution is -0.141. The zero-order chi connectivity index (χ0) is 20.0. The van der Waals surface area contributed by atoms with Gasteiger partial charge in [0, 0.05) is 13.1 Å². The largest absolute Gasteiger partial charge is 0.481 e. The van der Waals surface area contributed by atoms with Gasteiger partial charge in [-0.1, -0.05) is 30.3 Å². The molecule has 1 aliphatic heterocycles. The van der Waals surface area contributed by atoms with Crippen molar-refractivity contribution in [2.75, 3.05) is 13.1 Å². The number of hydrogen-bond acceptors (Lipinski definition) is 5. The molecule has 0 aliphatic carbocycles. The molecule has 2 amide bonds. The van der Waals surface area contributed by atoms with E-state index in [4.69, 9.17) is 9.47 Å². The predicted molar refractivity (Wildman–Crippen MR) is 97.1 cm³/mol. The molecular weight excluding hydrogens is 352 g/mol. The van der Waals surface area contributed by atoms with Gasteiger partial charge in [0.25, 0.3) is 0 Å². The van der Waals surface area contributed by atoms with Crippen molar-refractivity contribution in [3.05, 3.63) is 35.9 Å². The smallest absolute Gasteiger partial charge is 0.410 e. The second-order valence-corrected chi connectivity index (χ2v) is 7.50. The summed E-state index contributed by atoms with van der Waals surface area (Å²) in [6, 6.07) is 8.77. The molecule has 2 N–H and O–H groups in total. The molecule has 148 valence electrons. The molecule has 0 spiro atoms. The van der Waals surface area contributed by atoms with Gasteiger partial charge in [0.05, 0.1) is 12.0 Å². The summed E-state index contributed by atoms with van der Waals surface area (Å²) in [5.41, 5.74) is 0.167. The predicted octanol–water partition coefficient (Wildman–Crippen LogP) is 2.62. The highest BCUT2D eigenvalue weighted by Crippen LogP contribution is 2.25. The van der Waals surface area contributed by atoms with E-state index in [0.29, 0.717) is 0 Å². The first kappa shape index (κ1) is 20.5. The number of nitrogens with zero attached hydrogens (tertiary/aromatic N) is 1. The third-order valence-electron chi connectivity index (χ3n) is 4.09. The van der Waals surface area contributed by atoms with Crippen LogP contribution < -0.4 is 5.32 Å². The molecule has 2 atom stereocenters. The van der Waals surface area contributed by atoms with Gasteiger partial charge in [-0.05, 0) is 32.8 Å². The number of carbonyl (C=O) groups is 3. The van der Waals surface area contributed by atoms with Crippen molar-refractivity contribution in [1.82, 2.24) is 10.2 Å². The van der Waals surface area contributed by atoms with E-state index in [-0.39, 0.29) is 26.1 Å². The van der Waals surface area contributed by atoms with Gasteiger partial charge in [0.1, 0.15) is 12.2 Å². The van der Waals surface area contributed by atoms with Gasteiger partial charge in [0.15, 0.2) is 0 Å². The maximum Gasteiger partial charge on any atom is 0.410 e. The molecule has 0 saturated carbocycles. The van der Waals surface area contributed by atoms with Crippen LogP contribution in [0.15, 0.2) is 30.3 Å². The topological polar surface area (TPSA) is 105 Å². The van der Waals surface area contributed by atoms with Crippen molar-refractivity contribution in [2.45, 2.75) is 45.4 Å².